The van der Waals surface area contributed by atoms with Crippen LogP contribution in [0.3, 0.4) is 0 Å². The van der Waals surface area contributed by atoms with Crippen LogP contribution in [0.5, 0.6) is 0 Å². The zero-order valence-electron chi connectivity index (χ0n) is 20.7. The maximum Gasteiger partial charge on any atom is 0.523 e. The number of para-hydroxylation sites is 2. The molecule has 38 heavy (non-hydrogen) atoms. The van der Waals surface area contributed by atoms with E-state index in [2.05, 4.69) is 5.32 Å². The Labute approximate surface area is 219 Å². The van der Waals surface area contributed by atoms with Gasteiger partial charge < -0.3 is 41.5 Å². The fourth-order valence-electron chi connectivity index (χ4n) is 3.86. The summed E-state index contributed by atoms with van der Waals surface area (Å²) >= 11 is 0. The highest BCUT2D eigenvalue weighted by Crippen LogP contribution is 2.32. The van der Waals surface area contributed by atoms with Crippen molar-refractivity contribution in [1.82, 2.24) is 14.6 Å². The number of rotatable bonds is 4. The van der Waals surface area contributed by atoms with E-state index in [1.54, 1.807) is 60.7 Å². The first-order chi connectivity index (χ1) is 18.1. The fraction of sp³-hybridized carbons (Fsp3) is 0.308. The van der Waals surface area contributed by atoms with Crippen molar-refractivity contribution in [3.8, 4) is 0 Å². The number of aliphatic hydroxyl groups excluding tert-OH is 1. The Morgan fingerprint density at radius 3 is 1.74 bits per heavy atom. The number of ether oxygens (including phenoxy) is 1. The zero-order chi connectivity index (χ0) is 27.8. The van der Waals surface area contributed by atoms with Crippen LogP contribution in [0.2, 0.25) is 0 Å². The molecule has 1 fully saturated rings. The van der Waals surface area contributed by atoms with Gasteiger partial charge in [0.05, 0.1) is 18.8 Å². The van der Waals surface area contributed by atoms with Crippen molar-refractivity contribution in [3.05, 3.63) is 94.6 Å². The van der Waals surface area contributed by atoms with Crippen LogP contribution in [-0.2, 0) is 17.6 Å². The van der Waals surface area contributed by atoms with Crippen molar-refractivity contribution >= 4 is 23.6 Å². The third-order valence-electron chi connectivity index (χ3n) is 6.11. The summed E-state index contributed by atoms with van der Waals surface area (Å²) in [4.78, 5) is 21.7. The number of carbonyl (C=O) groups is 2. The minimum absolute atomic E-state index is 0.278. The monoisotopic (exact) mass is 528 g/mol. The molecule has 12 nitrogen and oxygen atoms in total. The van der Waals surface area contributed by atoms with E-state index in [-0.39, 0.29) is 6.54 Å². The number of nitrogens with two attached hydrogens (primary N) is 1. The van der Waals surface area contributed by atoms with Gasteiger partial charge in [-0.3, -0.25) is 0 Å². The molecule has 2 amide bonds. The maximum atomic E-state index is 11.9. The number of hydrogen-bond donors (Lipinski definition) is 5. The third kappa shape index (κ3) is 6.69. The number of nitrogens with one attached hydrogen (secondary N) is 1. The Balaban J connectivity index is 0.000000161. The molecule has 3 heterocycles. The first kappa shape index (κ1) is 29.1. The number of hydrogen-bond acceptors (Lipinski definition) is 8. The second-order valence-corrected chi connectivity index (χ2v) is 8.82. The number of hydroxylamine groups is 4. The van der Waals surface area contributed by atoms with Crippen LogP contribution >= 0.6 is 0 Å². The second kappa shape index (κ2) is 12.9. The van der Waals surface area contributed by atoms with Gasteiger partial charge in [-0.05, 0) is 12.2 Å². The minimum atomic E-state index is -1.41. The molecule has 0 aliphatic carbocycles. The molecule has 0 spiro atoms. The van der Waals surface area contributed by atoms with E-state index in [0.717, 1.165) is 36.6 Å². The van der Waals surface area contributed by atoms with Crippen molar-refractivity contribution in [2.24, 2.45) is 5.73 Å². The molecule has 0 bridgehead atoms. The molecule has 5 rings (SSSR count). The summed E-state index contributed by atoms with van der Waals surface area (Å²) in [6.07, 6.45) is 3.70. The first-order valence-corrected chi connectivity index (χ1v) is 12.0. The van der Waals surface area contributed by atoms with Gasteiger partial charge in [-0.1, -0.05) is 36.4 Å². The van der Waals surface area contributed by atoms with Gasteiger partial charge in [-0.15, -0.1) is 0 Å². The highest BCUT2D eigenvalue weighted by Gasteiger charge is 2.33. The molecule has 3 unspecified atom stereocenters. The molecule has 0 radical (unpaired) electrons. The lowest BCUT2D eigenvalue weighted by Crippen LogP contribution is -2.49. The summed E-state index contributed by atoms with van der Waals surface area (Å²) in [6.45, 7) is 2.44. The van der Waals surface area contributed by atoms with Gasteiger partial charge in [-0.2, -0.15) is 18.9 Å². The zero-order valence-corrected chi connectivity index (χ0v) is 20.7. The van der Waals surface area contributed by atoms with Gasteiger partial charge in [0, 0.05) is 55.7 Å². The van der Waals surface area contributed by atoms with Crippen LogP contribution in [0, 0.1) is 10.4 Å². The highest BCUT2D eigenvalue weighted by atomic mass is 16.6. The molecule has 2 aromatic carbocycles. The number of fused-ring (bicyclic) bond motifs is 2. The summed E-state index contributed by atoms with van der Waals surface area (Å²) in [5.41, 5.74) is 7.30. The van der Waals surface area contributed by atoms with E-state index in [4.69, 9.17) is 25.8 Å². The Bertz CT molecular complexity index is 1100. The number of benzene rings is 2. The van der Waals surface area contributed by atoms with Crippen molar-refractivity contribution in [1.29, 1.82) is 0 Å². The Kier molecular flexibility index (Phi) is 9.85. The summed E-state index contributed by atoms with van der Waals surface area (Å²) in [7, 11) is 0. The van der Waals surface area contributed by atoms with Gasteiger partial charge in [0.15, 0.2) is 11.4 Å². The molecule has 0 aromatic heterocycles. The number of nitrogens with zero attached hydrogens (tertiary/aromatic N) is 2. The molecule has 3 aliphatic rings. The number of amides is 2. The molecule has 3 aliphatic heterocycles. The molecule has 204 valence electrons. The Morgan fingerprint density at radius 1 is 0.921 bits per heavy atom. The minimum Gasteiger partial charge on any atom is -0.612 e. The fourth-order valence-corrected chi connectivity index (χ4v) is 3.86. The van der Waals surface area contributed by atoms with Crippen LogP contribution in [0.1, 0.15) is 11.1 Å². The lowest BCUT2D eigenvalue weighted by Gasteiger charge is -2.35. The number of allylic oxidation sites excluding steroid dienone is 2. The average molecular weight is 529 g/mol. The van der Waals surface area contributed by atoms with Gasteiger partial charge in [0.25, 0.3) is 0 Å². The second-order valence-electron chi connectivity index (χ2n) is 8.82. The maximum absolute atomic E-state index is 11.9. The van der Waals surface area contributed by atoms with E-state index in [1.807, 2.05) is 0 Å². The molecule has 12 heteroatoms. The van der Waals surface area contributed by atoms with E-state index >= 15 is 0 Å². The van der Waals surface area contributed by atoms with Gasteiger partial charge in [0.1, 0.15) is 12.4 Å². The summed E-state index contributed by atoms with van der Waals surface area (Å²) in [6, 6.07) is 13.6. The van der Waals surface area contributed by atoms with Gasteiger partial charge >= 0.3 is 12.2 Å². The topological polar surface area (TPSA) is 188 Å². The largest absolute Gasteiger partial charge is 0.612 e. The molecule has 6 N–H and O–H groups in total. The first-order valence-electron chi connectivity index (χ1n) is 12.0. The van der Waals surface area contributed by atoms with E-state index in [1.165, 1.54) is 0 Å². The van der Waals surface area contributed by atoms with Crippen molar-refractivity contribution in [3.63, 3.8) is 0 Å². The quantitative estimate of drug-likeness (QED) is 0.291. The summed E-state index contributed by atoms with van der Waals surface area (Å²) < 4.78 is 2.42. The molecule has 2 aromatic rings. The Morgan fingerprint density at radius 2 is 1.37 bits per heavy atom. The molecule has 1 saturated heterocycles. The summed E-state index contributed by atoms with van der Waals surface area (Å²) in [5, 5.41) is 53.5. The smallest absolute Gasteiger partial charge is 0.523 e. The molecular weight excluding hydrogens is 496 g/mol. The van der Waals surface area contributed by atoms with Crippen molar-refractivity contribution in [2.75, 3.05) is 26.2 Å². The normalized spacial score (nSPS) is 23.8. The van der Waals surface area contributed by atoms with Gasteiger partial charge in [0.2, 0.25) is 0 Å². The third-order valence-corrected chi connectivity index (χ3v) is 6.11. The van der Waals surface area contributed by atoms with E-state index < -0.39 is 27.6 Å². The lowest BCUT2D eigenvalue weighted by atomic mass is 10.1. The average Bonchev–Trinajstić information content (AvgIpc) is 2.89. The van der Waals surface area contributed by atoms with Crippen molar-refractivity contribution in [2.45, 2.75) is 25.0 Å². The molecule has 0 saturated carbocycles. The van der Waals surface area contributed by atoms with Crippen LogP contribution in [0.15, 0.2) is 73.1 Å². The number of aliphatic hydroxyl groups is 1. The Hall–Kier alpha value is -3.46. The summed E-state index contributed by atoms with van der Waals surface area (Å²) in [5.74, 6) is 0. The lowest BCUT2D eigenvalue weighted by molar-refractivity contribution is -0.0271. The number of carboxylic acid groups (broad SMARTS) is 2. The van der Waals surface area contributed by atoms with Crippen LogP contribution in [0.4, 0.5) is 21.0 Å². The molecular formula is C26H32N4O8. The molecule has 3 atom stereocenters. The SMILES string of the molecule is NCC(O)COC1CNC1.O=C(O)[N+]1([O-])C=CCc2ccccc21.O=C(O)[N+]1([O-])C=CCc2ccccc21. The predicted molar refractivity (Wildman–Crippen MR) is 143 cm³/mol. The highest BCUT2D eigenvalue weighted by molar-refractivity contribution is 5.86. The van der Waals surface area contributed by atoms with E-state index in [9.17, 15) is 20.0 Å². The standard InChI is InChI=1S/2C10H9NO3.C6H14N2O2/c2*12-10(13)11(14)7-3-5-8-4-1-2-6-9(8)11;7-1-5(9)4-10-6-2-8-3-6/h2*1-4,6-7H,5H2,(H,12,13);5-6,8-9H,1-4,7H2. The number of quaternary nitrogens is 2. The van der Waals surface area contributed by atoms with E-state index in [0.29, 0.717) is 36.9 Å². The van der Waals surface area contributed by atoms with Crippen LogP contribution in [-0.4, -0.2) is 66.0 Å². The predicted octanol–water partition coefficient (Wildman–Crippen LogP) is 2.77. The van der Waals surface area contributed by atoms with Gasteiger partial charge in [-0.25, -0.2) is 0 Å². The van der Waals surface area contributed by atoms with Crippen LogP contribution < -0.4 is 20.3 Å². The van der Waals surface area contributed by atoms with Crippen molar-refractivity contribution < 1.29 is 29.6 Å². The van der Waals surface area contributed by atoms with Crippen LogP contribution in [0.25, 0.3) is 0 Å².